The zero-order valence-corrected chi connectivity index (χ0v) is 17.4. The van der Waals surface area contributed by atoms with Gasteiger partial charge in [-0.05, 0) is 39.9 Å². The molecule has 3 N–H and O–H groups in total. The molecule has 0 aliphatic heterocycles. The Morgan fingerprint density at radius 2 is 1.59 bits per heavy atom. The fraction of sp³-hybridized carbons (Fsp3) is 0.200. The lowest BCUT2D eigenvalue weighted by atomic mass is 9.98. The molecule has 3 aromatic carbocycles. The van der Waals surface area contributed by atoms with Crippen molar-refractivity contribution in [3.05, 3.63) is 89.5 Å². The monoisotopic (exact) mass is 433 g/mol. The number of carboxylic acids is 1. The minimum Gasteiger partial charge on any atom is -0.497 e. The van der Waals surface area contributed by atoms with Crippen molar-refractivity contribution in [3.8, 4) is 16.9 Å². The van der Waals surface area contributed by atoms with E-state index in [9.17, 15) is 19.8 Å². The van der Waals surface area contributed by atoms with Crippen LogP contribution in [0.15, 0.2) is 72.8 Å². The average molecular weight is 433 g/mol. The molecule has 3 aromatic rings. The summed E-state index contributed by atoms with van der Waals surface area (Å²) in [6.07, 6.45) is -2.68. The fourth-order valence-corrected chi connectivity index (χ4v) is 4.09. The molecule has 1 aliphatic rings. The maximum atomic E-state index is 12.6. The number of rotatable bonds is 7. The van der Waals surface area contributed by atoms with Crippen molar-refractivity contribution in [1.82, 2.24) is 5.32 Å². The van der Waals surface area contributed by atoms with Gasteiger partial charge in [0.2, 0.25) is 0 Å². The number of carbonyl (C=O) groups is 2. The second kappa shape index (κ2) is 9.11. The minimum absolute atomic E-state index is 0.0772. The molecule has 0 radical (unpaired) electrons. The maximum absolute atomic E-state index is 12.6. The number of aliphatic hydroxyl groups is 1. The number of aliphatic carboxylic acids is 1. The predicted octanol–water partition coefficient (Wildman–Crippen LogP) is 3.72. The van der Waals surface area contributed by atoms with Crippen molar-refractivity contribution < 1.29 is 29.3 Å². The first-order valence-corrected chi connectivity index (χ1v) is 10.2. The molecule has 4 rings (SSSR count). The topological polar surface area (TPSA) is 105 Å². The number of carboxylic acid groups (broad SMARTS) is 1. The highest BCUT2D eigenvalue weighted by atomic mass is 16.5. The minimum atomic E-state index is -1.86. The van der Waals surface area contributed by atoms with Gasteiger partial charge in [-0.15, -0.1) is 0 Å². The molecule has 32 heavy (non-hydrogen) atoms. The SMILES string of the molecule is COc1cccc([C@H](NC(=O)OCC2c3ccccc3-c3ccccc32)[C@H](O)C(=O)O)c1. The second-order valence-electron chi connectivity index (χ2n) is 7.51. The molecule has 0 aromatic heterocycles. The molecule has 1 aliphatic carbocycles. The van der Waals surface area contributed by atoms with Gasteiger partial charge in [-0.2, -0.15) is 0 Å². The number of aliphatic hydroxyl groups excluding tert-OH is 1. The Morgan fingerprint density at radius 1 is 0.969 bits per heavy atom. The Labute approximate surface area is 185 Å². The summed E-state index contributed by atoms with van der Waals surface area (Å²) in [5.74, 6) is -1.12. The first kappa shape index (κ1) is 21.4. The van der Waals surface area contributed by atoms with Gasteiger partial charge in [-0.25, -0.2) is 9.59 Å². The van der Waals surface area contributed by atoms with E-state index in [-0.39, 0.29) is 12.5 Å². The number of fused-ring (bicyclic) bond motifs is 3. The lowest BCUT2D eigenvalue weighted by molar-refractivity contribution is -0.148. The molecule has 7 heteroatoms. The molecule has 0 heterocycles. The predicted molar refractivity (Wildman–Crippen MR) is 118 cm³/mol. The Balaban J connectivity index is 1.51. The normalized spacial score (nSPS) is 14.1. The number of carbonyl (C=O) groups excluding carboxylic acids is 1. The van der Waals surface area contributed by atoms with Gasteiger partial charge >= 0.3 is 12.1 Å². The third kappa shape index (κ3) is 4.15. The van der Waals surface area contributed by atoms with E-state index >= 15 is 0 Å². The van der Waals surface area contributed by atoms with Crippen LogP contribution in [0, 0.1) is 0 Å². The second-order valence-corrected chi connectivity index (χ2v) is 7.51. The molecule has 0 fully saturated rings. The van der Waals surface area contributed by atoms with Gasteiger partial charge in [0.15, 0.2) is 6.10 Å². The van der Waals surface area contributed by atoms with Crippen molar-refractivity contribution in [2.75, 3.05) is 13.7 Å². The number of amides is 1. The molecule has 7 nitrogen and oxygen atoms in total. The zero-order chi connectivity index (χ0) is 22.7. The summed E-state index contributed by atoms with van der Waals surface area (Å²) in [7, 11) is 1.47. The van der Waals surface area contributed by atoms with Crippen molar-refractivity contribution >= 4 is 12.1 Å². The van der Waals surface area contributed by atoms with Crippen LogP contribution in [0.1, 0.15) is 28.7 Å². The van der Waals surface area contributed by atoms with Crippen LogP contribution in [0.2, 0.25) is 0 Å². The van der Waals surface area contributed by atoms with E-state index in [0.29, 0.717) is 11.3 Å². The number of benzene rings is 3. The maximum Gasteiger partial charge on any atom is 0.407 e. The van der Waals surface area contributed by atoms with Crippen molar-refractivity contribution in [2.24, 2.45) is 0 Å². The molecule has 1 amide bonds. The Morgan fingerprint density at radius 3 is 2.19 bits per heavy atom. The summed E-state index contributed by atoms with van der Waals surface area (Å²) in [4.78, 5) is 24.0. The number of ether oxygens (including phenoxy) is 2. The number of alkyl carbamates (subject to hydrolysis) is 1. The summed E-state index contributed by atoms with van der Waals surface area (Å²) in [6, 6.07) is 21.2. The fourth-order valence-electron chi connectivity index (χ4n) is 4.09. The van der Waals surface area contributed by atoms with Crippen LogP contribution in [0.3, 0.4) is 0 Å². The van der Waals surface area contributed by atoms with Crippen LogP contribution in [0.4, 0.5) is 4.79 Å². The Kier molecular flexibility index (Phi) is 6.09. The molecule has 0 saturated heterocycles. The van der Waals surface area contributed by atoms with E-state index in [2.05, 4.69) is 5.32 Å². The number of methoxy groups -OCH3 is 1. The Bertz CT molecular complexity index is 1100. The lowest BCUT2D eigenvalue weighted by Crippen LogP contribution is -2.40. The zero-order valence-electron chi connectivity index (χ0n) is 17.4. The number of hydrogen-bond acceptors (Lipinski definition) is 5. The van der Waals surface area contributed by atoms with Gasteiger partial charge in [0.05, 0.1) is 13.2 Å². The van der Waals surface area contributed by atoms with Crippen molar-refractivity contribution in [2.45, 2.75) is 18.1 Å². The molecule has 0 bridgehead atoms. The quantitative estimate of drug-likeness (QED) is 0.525. The van der Waals surface area contributed by atoms with E-state index < -0.39 is 24.2 Å². The average Bonchev–Trinajstić information content (AvgIpc) is 3.14. The first-order valence-electron chi connectivity index (χ1n) is 10.2. The standard InChI is InChI=1S/C25H23NO6/c1-31-16-8-6-7-15(13-16)22(23(27)24(28)29)26-25(30)32-14-21-19-11-4-2-9-17(19)18-10-3-5-12-20(18)21/h2-13,21-23,27H,14H2,1H3,(H,26,30)(H,28,29)/t22-,23-/m0/s1. The van der Waals surface area contributed by atoms with E-state index in [1.165, 1.54) is 7.11 Å². The van der Waals surface area contributed by atoms with E-state index in [1.54, 1.807) is 24.3 Å². The molecular weight excluding hydrogens is 410 g/mol. The Hall–Kier alpha value is -3.84. The van der Waals surface area contributed by atoms with Gasteiger partial charge in [-0.3, -0.25) is 0 Å². The molecular formula is C25H23NO6. The highest BCUT2D eigenvalue weighted by molar-refractivity contribution is 5.79. The van der Waals surface area contributed by atoms with Gasteiger partial charge in [0.1, 0.15) is 12.4 Å². The third-order valence-corrected chi connectivity index (χ3v) is 5.64. The van der Waals surface area contributed by atoms with E-state index in [0.717, 1.165) is 22.3 Å². The van der Waals surface area contributed by atoms with E-state index in [4.69, 9.17) is 9.47 Å². The van der Waals surface area contributed by atoms with Crippen LogP contribution >= 0.6 is 0 Å². The first-order chi connectivity index (χ1) is 15.5. The van der Waals surface area contributed by atoms with Crippen molar-refractivity contribution in [1.29, 1.82) is 0 Å². The highest BCUT2D eigenvalue weighted by Crippen LogP contribution is 2.44. The number of nitrogens with one attached hydrogen (secondary N) is 1. The molecule has 2 atom stereocenters. The smallest absolute Gasteiger partial charge is 0.407 e. The van der Waals surface area contributed by atoms with Gasteiger partial charge in [0.25, 0.3) is 0 Å². The summed E-state index contributed by atoms with van der Waals surface area (Å²) >= 11 is 0. The van der Waals surface area contributed by atoms with Gasteiger partial charge in [-0.1, -0.05) is 60.7 Å². The summed E-state index contributed by atoms with van der Waals surface area (Å²) in [6.45, 7) is 0.0772. The lowest BCUT2D eigenvalue weighted by Gasteiger charge is -2.23. The molecule has 164 valence electrons. The van der Waals surface area contributed by atoms with Gasteiger partial charge in [0, 0.05) is 5.92 Å². The van der Waals surface area contributed by atoms with E-state index in [1.807, 2.05) is 48.5 Å². The van der Waals surface area contributed by atoms with Crippen LogP contribution in [0.5, 0.6) is 5.75 Å². The summed E-state index contributed by atoms with van der Waals surface area (Å²) in [5, 5.41) is 22.0. The molecule has 0 unspecified atom stereocenters. The number of hydrogen-bond donors (Lipinski definition) is 3. The largest absolute Gasteiger partial charge is 0.497 e. The van der Waals surface area contributed by atoms with Crippen molar-refractivity contribution in [3.63, 3.8) is 0 Å². The highest BCUT2D eigenvalue weighted by Gasteiger charge is 2.32. The molecule has 0 saturated carbocycles. The summed E-state index contributed by atoms with van der Waals surface area (Å²) in [5.41, 5.74) is 4.72. The van der Waals surface area contributed by atoms with Crippen LogP contribution in [-0.4, -0.2) is 42.1 Å². The molecule has 0 spiro atoms. The van der Waals surface area contributed by atoms with Crippen LogP contribution in [0.25, 0.3) is 11.1 Å². The van der Waals surface area contributed by atoms with Gasteiger partial charge < -0.3 is 25.0 Å². The summed E-state index contributed by atoms with van der Waals surface area (Å²) < 4.78 is 10.7. The van der Waals surface area contributed by atoms with Crippen LogP contribution < -0.4 is 10.1 Å². The van der Waals surface area contributed by atoms with Crippen LogP contribution in [-0.2, 0) is 9.53 Å². The third-order valence-electron chi connectivity index (χ3n) is 5.64.